The largest absolute Gasteiger partial charge is 0.510 e. The van der Waals surface area contributed by atoms with E-state index in [4.69, 9.17) is 19.8 Å². The van der Waals surface area contributed by atoms with Crippen molar-refractivity contribution in [3.63, 3.8) is 0 Å². The molecule has 1 aliphatic carbocycles. The predicted molar refractivity (Wildman–Crippen MR) is 353 cm³/mol. The Hall–Kier alpha value is -8.67. The number of hydrogen-bond acceptors (Lipinski definition) is 2. The summed E-state index contributed by atoms with van der Waals surface area (Å²) >= 11 is 0. The molecule has 7 heteroatoms. The Morgan fingerprint density at radius 2 is 1.23 bits per heavy atom. The van der Waals surface area contributed by atoms with E-state index < -0.39 is 264 Å². The SMILES string of the molecule is [2H]c1c([2H])c([2H])c([Si](c2c([2H])c([2H])c([2H])c([2H])c2[2H])(c2c([2H])c([2H])c([2H])c([2H])c2[2H])c2c([2H])c([2H])c([2H])c(-c3cccc(-c4c([2H])c([2H])c5c(c4[2H])C(C([2H])([2H])[2H])(C([2H])([2H])[2H])C([2H])([2H])C([2H])([2H])C5(C([2H])([2H])[2H])C([2H])([2H])[2H])c3-[n+]3[c-]n(-c4[c-]c(Oc5[c-]c6c(cc5)c5ccccc5n6-c5cc(C([2H])([2H])C(C)(C)C)ccn5)ccc4)c4ccccc43)c2[2H])c([2H])c1[2H].[Pt]. The zero-order chi connectivity index (χ0) is 92.6. The molecule has 0 N–H and O–H groups in total. The molecule has 86 heavy (non-hydrogen) atoms. The summed E-state index contributed by atoms with van der Waals surface area (Å²) < 4.78 is 390. The third-order valence-corrected chi connectivity index (χ3v) is 18.3. The van der Waals surface area contributed by atoms with Crippen LogP contribution in [0, 0.1) is 23.9 Å². The Bertz CT molecular complexity index is 6510. The van der Waals surface area contributed by atoms with Gasteiger partial charge < -0.3 is 13.9 Å². The topological polar surface area (TPSA) is 35.9 Å². The summed E-state index contributed by atoms with van der Waals surface area (Å²) in [5.74, 6) is 0.347. The first-order valence-corrected chi connectivity index (χ1v) is 28.4. The van der Waals surface area contributed by atoms with Crippen molar-refractivity contribution in [1.82, 2.24) is 14.1 Å². The zero-order valence-electron chi connectivity index (χ0n) is 85.5. The molecule has 0 unspecified atom stereocenters. The van der Waals surface area contributed by atoms with Gasteiger partial charge >= 0.3 is 0 Å². The van der Waals surface area contributed by atoms with Crippen LogP contribution in [0.3, 0.4) is 0 Å². The van der Waals surface area contributed by atoms with Crippen LogP contribution in [0.5, 0.6) is 11.5 Å². The standard InChI is InChI=1S/C79H68N4OSi.Pt/c1-77(2,3)53-55-44-47-80-75(48-55)83-71-37-18-17-34-67(71)68-42-41-60(52-74(68)83)84-59-26-22-25-58(51-59)81-54-82(73-39-20-19-38-72(73)81)76-65(35-23-36-66(76)57-40-43-69-70(50-57)79(6,7)46-45-78(69,4)5)56-24-21-33-64(49-56)85(61-27-11-8-12-28-61,62-29-13-9-14-30-62)63-31-15-10-16-32-63;/h8-44,47-50H,45-46,53H2,1-7H3;/q-2;/i4D3,5D3,6D3,7D3,8D,9D,10D,11D,12D,13D,14D,15D,16D,21D,24D,27D,28D,29D,30D,31D,32D,33D,40D,43D,45D2,46D2,49D,50D,53D2;. The minimum atomic E-state index is -6.72. The van der Waals surface area contributed by atoms with Crippen molar-refractivity contribution < 1.29 is 85.2 Å². The van der Waals surface area contributed by atoms with Gasteiger partial charge in [0.15, 0.2) is 8.07 Å². The van der Waals surface area contributed by atoms with E-state index in [1.807, 2.05) is 24.3 Å². The van der Waals surface area contributed by atoms with Gasteiger partial charge in [0, 0.05) is 69.0 Å². The van der Waals surface area contributed by atoms with E-state index in [9.17, 15) is 39.8 Å². The van der Waals surface area contributed by atoms with Gasteiger partial charge in [0.05, 0.1) is 46.9 Å². The Balaban J connectivity index is 0.0000136. The van der Waals surface area contributed by atoms with E-state index >= 15 is 0 Å². The number of pyridine rings is 1. The van der Waals surface area contributed by atoms with Crippen LogP contribution in [0.25, 0.3) is 72.3 Å². The number of rotatable bonds is 12. The molecular formula is C79H68N4OPtSi-2. The third kappa shape index (κ3) is 10.1. The van der Waals surface area contributed by atoms with Crippen molar-refractivity contribution in [2.24, 2.45) is 5.41 Å². The summed E-state index contributed by atoms with van der Waals surface area (Å²) in [5, 5.41) is -3.64. The molecule has 5 nitrogen and oxygen atoms in total. The van der Waals surface area contributed by atoms with Gasteiger partial charge in [0.2, 0.25) is 0 Å². The molecule has 426 valence electrons. The van der Waals surface area contributed by atoms with Gasteiger partial charge in [-0.15, -0.1) is 29.7 Å². The fraction of sp³-hybridized carbons (Fsp3) is 0.165. The molecule has 10 aromatic carbocycles. The van der Waals surface area contributed by atoms with Crippen molar-refractivity contribution in [2.75, 3.05) is 0 Å². The molecule has 13 aromatic rings. The number of hydrogen-bond donors (Lipinski definition) is 0. The van der Waals surface area contributed by atoms with Crippen LogP contribution >= 0.6 is 0 Å². The van der Waals surface area contributed by atoms with Gasteiger partial charge in [0.25, 0.3) is 6.33 Å². The second-order valence-electron chi connectivity index (χ2n) is 20.9. The summed E-state index contributed by atoms with van der Waals surface area (Å²) in [6, 6.07) is 3.40. The Morgan fingerprint density at radius 3 is 1.92 bits per heavy atom. The number of ether oxygens (including phenoxy) is 1. The maximum atomic E-state index is 11.0. The fourth-order valence-corrected chi connectivity index (χ4v) is 14.3. The molecular weight excluding hydrogens is 1240 g/mol. The first kappa shape index (κ1) is 26.9. The van der Waals surface area contributed by atoms with Crippen LogP contribution in [-0.4, -0.2) is 22.2 Å². The average Bonchev–Trinajstić information content (AvgIpc) is 0.768. The van der Waals surface area contributed by atoms with Crippen LogP contribution in [-0.2, 0) is 38.3 Å². The van der Waals surface area contributed by atoms with Crippen LogP contribution < -0.4 is 30.1 Å². The predicted octanol–water partition coefficient (Wildman–Crippen LogP) is 16.2. The molecule has 1 aliphatic rings. The van der Waals surface area contributed by atoms with Gasteiger partial charge in [-0.3, -0.25) is 4.57 Å². The minimum absolute atomic E-state index is 0. The van der Waals surface area contributed by atoms with Crippen molar-refractivity contribution in [1.29, 1.82) is 0 Å². The zero-order valence-corrected chi connectivity index (χ0v) is 48.8. The number of imidazole rings is 1. The molecule has 3 heterocycles. The Kier molecular flexibility index (Phi) is 6.99. The second kappa shape index (κ2) is 22.3. The molecule has 0 aliphatic heterocycles. The van der Waals surface area contributed by atoms with Crippen molar-refractivity contribution in [3.8, 4) is 50.9 Å². The summed E-state index contributed by atoms with van der Waals surface area (Å²) in [7, 11) is -6.72. The van der Waals surface area contributed by atoms with E-state index in [1.54, 1.807) is 49.6 Å². The van der Waals surface area contributed by atoms with Gasteiger partial charge in [-0.2, -0.15) is 18.2 Å². The van der Waals surface area contributed by atoms with E-state index in [0.717, 1.165) is 28.2 Å². The van der Waals surface area contributed by atoms with Gasteiger partial charge in [0.1, 0.15) is 5.82 Å². The Labute approximate surface area is 577 Å². The van der Waals surface area contributed by atoms with Crippen molar-refractivity contribution in [3.05, 3.63) is 283 Å². The summed E-state index contributed by atoms with van der Waals surface area (Å²) in [5.41, 5.74) is -17.5. The molecule has 0 amide bonds. The first-order chi connectivity index (χ1) is 57.7. The average molecular weight is 1350 g/mol. The van der Waals surface area contributed by atoms with E-state index in [1.165, 1.54) is 53.2 Å². The van der Waals surface area contributed by atoms with Crippen LogP contribution in [0.2, 0.25) is 0 Å². The molecule has 0 spiro atoms. The molecule has 0 bridgehead atoms. The maximum Gasteiger partial charge on any atom is 0.268 e. The second-order valence-corrected chi connectivity index (χ2v) is 24.4. The van der Waals surface area contributed by atoms with E-state index in [2.05, 4.69) is 23.4 Å². The summed E-state index contributed by atoms with van der Waals surface area (Å²) in [6.45, 7) is -12.9. The molecule has 0 fully saturated rings. The summed E-state index contributed by atoms with van der Waals surface area (Å²) in [4.78, 5) is 4.69. The van der Waals surface area contributed by atoms with E-state index in [-0.39, 0.29) is 49.3 Å². The normalized spacial score (nSPS) is 22.4. The van der Waals surface area contributed by atoms with Gasteiger partial charge in [-0.25, -0.2) is 4.98 Å². The third-order valence-electron chi connectivity index (χ3n) is 14.3. The quantitative estimate of drug-likeness (QED) is 0.0529. The monoisotopic (exact) mass is 1350 g/mol. The minimum Gasteiger partial charge on any atom is -0.510 e. The van der Waals surface area contributed by atoms with E-state index in [0.29, 0.717) is 27.8 Å². The number of benzene rings is 10. The summed E-state index contributed by atoms with van der Waals surface area (Å²) in [6.07, 6.45) is -6.88. The number of aromatic nitrogens is 4. The molecule has 14 rings (SSSR count). The first-order valence-electron chi connectivity index (χ1n) is 46.4. The van der Waals surface area contributed by atoms with Gasteiger partial charge in [-0.1, -0.05) is 247 Å². The van der Waals surface area contributed by atoms with Crippen LogP contribution in [0.4, 0.5) is 0 Å². The van der Waals surface area contributed by atoms with Crippen LogP contribution in [0.1, 0.15) is 132 Å². The molecule has 0 saturated carbocycles. The van der Waals surface area contributed by atoms with Crippen molar-refractivity contribution in [2.45, 2.75) is 78.1 Å². The smallest absolute Gasteiger partial charge is 0.268 e. The van der Waals surface area contributed by atoms with Gasteiger partial charge in [-0.05, 0) is 124 Å². The Morgan fingerprint density at radius 1 is 0.616 bits per heavy atom. The molecule has 0 saturated heterocycles. The van der Waals surface area contributed by atoms with Crippen molar-refractivity contribution >= 4 is 61.7 Å². The fourth-order valence-electron chi connectivity index (χ4n) is 10.7. The number of nitrogens with zero attached hydrogens (tertiary/aromatic N) is 4. The number of para-hydroxylation sites is 4. The van der Waals surface area contributed by atoms with Crippen LogP contribution in [0.15, 0.2) is 248 Å². The molecule has 0 radical (unpaired) electrons. The molecule has 0 atom stereocenters. The maximum absolute atomic E-state index is 11.0. The molecule has 3 aromatic heterocycles. The number of fused-ring (bicyclic) bond motifs is 5.